The zero-order valence-corrected chi connectivity index (χ0v) is 12.1. The molecule has 0 amide bonds. The third-order valence-corrected chi connectivity index (χ3v) is 4.26. The van der Waals surface area contributed by atoms with Crippen molar-refractivity contribution in [2.24, 2.45) is 0 Å². The van der Waals surface area contributed by atoms with Crippen LogP contribution in [-0.2, 0) is 11.2 Å². The molecule has 2 heterocycles. The molecule has 0 aliphatic carbocycles. The van der Waals surface area contributed by atoms with Crippen molar-refractivity contribution in [3.05, 3.63) is 10.0 Å². The maximum Gasteiger partial charge on any atom is 0.122 e. The monoisotopic (exact) mass is 269 g/mol. The fraction of sp³-hybridized carbons (Fsp3) is 0.846. The molecule has 1 aliphatic rings. The average molecular weight is 269 g/mol. The summed E-state index contributed by atoms with van der Waals surface area (Å²) in [4.78, 5) is 0. The van der Waals surface area contributed by atoms with Crippen LogP contribution in [0.2, 0.25) is 0 Å². The van der Waals surface area contributed by atoms with Crippen LogP contribution in [0.25, 0.3) is 0 Å². The Morgan fingerprint density at radius 3 is 3.06 bits per heavy atom. The molecule has 1 aromatic rings. The molecule has 102 valence electrons. The first kappa shape index (κ1) is 13.9. The van der Waals surface area contributed by atoms with Gasteiger partial charge in [0.25, 0.3) is 0 Å². The van der Waals surface area contributed by atoms with Crippen molar-refractivity contribution < 1.29 is 4.74 Å². The molecular formula is C13H23N3OS. The van der Waals surface area contributed by atoms with Gasteiger partial charge in [0.05, 0.1) is 6.61 Å². The molecular weight excluding hydrogens is 246 g/mol. The van der Waals surface area contributed by atoms with E-state index in [2.05, 4.69) is 29.4 Å². The SMILES string of the molecule is CC(C)NCCCc1nnc(C2CCCOC2)s1. The minimum atomic E-state index is 0.485. The van der Waals surface area contributed by atoms with Gasteiger partial charge < -0.3 is 10.1 Å². The minimum Gasteiger partial charge on any atom is -0.381 e. The van der Waals surface area contributed by atoms with Crippen molar-refractivity contribution in [1.29, 1.82) is 0 Å². The van der Waals surface area contributed by atoms with Crippen LogP contribution in [-0.4, -0.2) is 36.0 Å². The topological polar surface area (TPSA) is 47.0 Å². The van der Waals surface area contributed by atoms with Gasteiger partial charge in [0, 0.05) is 25.0 Å². The third kappa shape index (κ3) is 4.30. The van der Waals surface area contributed by atoms with Crippen molar-refractivity contribution in [1.82, 2.24) is 15.5 Å². The van der Waals surface area contributed by atoms with Gasteiger partial charge in [0.15, 0.2) is 0 Å². The van der Waals surface area contributed by atoms with Gasteiger partial charge in [-0.3, -0.25) is 0 Å². The van der Waals surface area contributed by atoms with E-state index >= 15 is 0 Å². The van der Waals surface area contributed by atoms with Gasteiger partial charge in [-0.1, -0.05) is 13.8 Å². The molecule has 1 saturated heterocycles. The Labute approximate surface area is 113 Å². The number of aromatic nitrogens is 2. The predicted octanol–water partition coefficient (Wildman–Crippen LogP) is 2.36. The van der Waals surface area contributed by atoms with Crippen LogP contribution in [0.1, 0.15) is 49.0 Å². The van der Waals surface area contributed by atoms with Gasteiger partial charge >= 0.3 is 0 Å². The number of rotatable bonds is 6. The molecule has 1 fully saturated rings. The number of hydrogen-bond donors (Lipinski definition) is 1. The lowest BCUT2D eigenvalue weighted by molar-refractivity contribution is 0.0802. The molecule has 1 N–H and O–H groups in total. The lowest BCUT2D eigenvalue weighted by Gasteiger charge is -2.19. The molecule has 18 heavy (non-hydrogen) atoms. The summed E-state index contributed by atoms with van der Waals surface area (Å²) in [7, 11) is 0. The van der Waals surface area contributed by atoms with Crippen LogP contribution in [0, 0.1) is 0 Å². The van der Waals surface area contributed by atoms with Crippen molar-refractivity contribution in [2.45, 2.75) is 51.5 Å². The first-order valence-corrected chi connectivity index (χ1v) is 7.70. The molecule has 4 nitrogen and oxygen atoms in total. The highest BCUT2D eigenvalue weighted by atomic mass is 32.1. The summed E-state index contributed by atoms with van der Waals surface area (Å²) >= 11 is 1.77. The second-order valence-corrected chi connectivity index (χ2v) is 6.25. The summed E-state index contributed by atoms with van der Waals surface area (Å²) in [6.07, 6.45) is 4.51. The molecule has 5 heteroatoms. The summed E-state index contributed by atoms with van der Waals surface area (Å²) in [5.41, 5.74) is 0. The summed E-state index contributed by atoms with van der Waals surface area (Å²) in [5, 5.41) is 14.4. The highest BCUT2D eigenvalue weighted by Crippen LogP contribution is 2.27. The number of nitrogens with zero attached hydrogens (tertiary/aromatic N) is 2. The van der Waals surface area contributed by atoms with Crippen molar-refractivity contribution in [3.63, 3.8) is 0 Å². The smallest absolute Gasteiger partial charge is 0.122 e. The normalized spacial score (nSPS) is 20.5. The molecule has 1 atom stereocenters. The van der Waals surface area contributed by atoms with Gasteiger partial charge in [0.2, 0.25) is 0 Å². The predicted molar refractivity (Wildman–Crippen MR) is 74.2 cm³/mol. The lowest BCUT2D eigenvalue weighted by Crippen LogP contribution is -2.23. The Morgan fingerprint density at radius 1 is 1.44 bits per heavy atom. The van der Waals surface area contributed by atoms with Gasteiger partial charge in [-0.25, -0.2) is 0 Å². The van der Waals surface area contributed by atoms with Gasteiger partial charge in [-0.15, -0.1) is 21.5 Å². The van der Waals surface area contributed by atoms with E-state index in [-0.39, 0.29) is 0 Å². The fourth-order valence-corrected chi connectivity index (χ4v) is 3.10. The second kappa shape index (κ2) is 7.16. The number of nitrogens with one attached hydrogen (secondary N) is 1. The third-order valence-electron chi connectivity index (χ3n) is 3.11. The number of aryl methyl sites for hydroxylation is 1. The molecule has 2 rings (SSSR count). The summed E-state index contributed by atoms with van der Waals surface area (Å²) < 4.78 is 5.50. The summed E-state index contributed by atoms with van der Waals surface area (Å²) in [6.45, 7) is 7.13. The molecule has 1 aliphatic heterocycles. The van der Waals surface area contributed by atoms with Crippen LogP contribution in [0.15, 0.2) is 0 Å². The molecule has 0 saturated carbocycles. The Kier molecular flexibility index (Phi) is 5.53. The number of ether oxygens (including phenoxy) is 1. The Balaban J connectivity index is 1.75. The van der Waals surface area contributed by atoms with Crippen molar-refractivity contribution >= 4 is 11.3 Å². The Hall–Kier alpha value is -0.520. The van der Waals surface area contributed by atoms with Crippen molar-refractivity contribution in [2.75, 3.05) is 19.8 Å². The number of hydrogen-bond acceptors (Lipinski definition) is 5. The van der Waals surface area contributed by atoms with E-state index in [9.17, 15) is 0 Å². The minimum absolute atomic E-state index is 0.485. The van der Waals surface area contributed by atoms with Crippen LogP contribution >= 0.6 is 11.3 Å². The summed E-state index contributed by atoms with van der Waals surface area (Å²) in [5.74, 6) is 0.485. The fourth-order valence-electron chi connectivity index (χ4n) is 2.10. The quantitative estimate of drug-likeness (QED) is 0.805. The zero-order chi connectivity index (χ0) is 12.8. The highest BCUT2D eigenvalue weighted by molar-refractivity contribution is 7.11. The average Bonchev–Trinajstić information content (AvgIpc) is 2.84. The molecule has 0 radical (unpaired) electrons. The maximum absolute atomic E-state index is 5.50. The van der Waals surface area contributed by atoms with Crippen LogP contribution in [0.4, 0.5) is 0 Å². The standard InChI is InChI=1S/C13H23N3OS/c1-10(2)14-7-3-6-12-15-16-13(18-12)11-5-4-8-17-9-11/h10-11,14H,3-9H2,1-2H3. The van der Waals surface area contributed by atoms with E-state index in [1.165, 1.54) is 16.4 Å². The van der Waals surface area contributed by atoms with Crippen molar-refractivity contribution in [3.8, 4) is 0 Å². The molecule has 0 spiro atoms. The van der Waals surface area contributed by atoms with E-state index in [4.69, 9.17) is 4.74 Å². The van der Waals surface area contributed by atoms with Gasteiger partial charge in [0.1, 0.15) is 10.0 Å². The largest absolute Gasteiger partial charge is 0.381 e. The van der Waals surface area contributed by atoms with Crippen LogP contribution in [0.5, 0.6) is 0 Å². The zero-order valence-electron chi connectivity index (χ0n) is 11.3. The molecule has 0 aromatic carbocycles. The van der Waals surface area contributed by atoms with Gasteiger partial charge in [-0.05, 0) is 25.8 Å². The van der Waals surface area contributed by atoms with Crippen LogP contribution in [0.3, 0.4) is 0 Å². The first-order valence-electron chi connectivity index (χ1n) is 6.89. The van der Waals surface area contributed by atoms with E-state index in [0.717, 1.165) is 39.0 Å². The van der Waals surface area contributed by atoms with E-state index < -0.39 is 0 Å². The molecule has 1 unspecified atom stereocenters. The van der Waals surface area contributed by atoms with E-state index in [0.29, 0.717) is 12.0 Å². The Bertz CT molecular complexity index is 348. The Morgan fingerprint density at radius 2 is 2.33 bits per heavy atom. The highest BCUT2D eigenvalue weighted by Gasteiger charge is 2.20. The molecule has 0 bridgehead atoms. The lowest BCUT2D eigenvalue weighted by atomic mass is 10.0. The second-order valence-electron chi connectivity index (χ2n) is 5.16. The van der Waals surface area contributed by atoms with E-state index in [1.54, 1.807) is 11.3 Å². The van der Waals surface area contributed by atoms with Crippen LogP contribution < -0.4 is 5.32 Å². The summed E-state index contributed by atoms with van der Waals surface area (Å²) in [6, 6.07) is 0.564. The maximum atomic E-state index is 5.50. The van der Waals surface area contributed by atoms with Gasteiger partial charge in [-0.2, -0.15) is 0 Å². The molecule has 1 aromatic heterocycles. The van der Waals surface area contributed by atoms with E-state index in [1.807, 2.05) is 0 Å². The first-order chi connectivity index (χ1) is 8.75.